The van der Waals surface area contributed by atoms with Gasteiger partial charge in [0.2, 0.25) is 0 Å². The molecule has 2 amide bonds. The predicted molar refractivity (Wildman–Crippen MR) is 107 cm³/mol. The first kappa shape index (κ1) is 17.7. The Balaban J connectivity index is 1.43. The van der Waals surface area contributed by atoms with Crippen molar-refractivity contribution in [2.24, 2.45) is 5.92 Å². The summed E-state index contributed by atoms with van der Waals surface area (Å²) in [5.74, 6) is 0.339. The summed E-state index contributed by atoms with van der Waals surface area (Å²) >= 11 is 0. The lowest BCUT2D eigenvalue weighted by molar-refractivity contribution is 0.0715. The van der Waals surface area contributed by atoms with Crippen molar-refractivity contribution >= 4 is 6.03 Å². The number of carbonyl (C=O) groups is 1. The molecular weight excluding hydrogens is 353 g/mol. The Morgan fingerprint density at radius 3 is 2.46 bits per heavy atom. The minimum atomic E-state index is -0.254. The van der Waals surface area contributed by atoms with Crippen LogP contribution in [0.25, 0.3) is 0 Å². The molecule has 5 heteroatoms. The maximum atomic E-state index is 13.5. The minimum Gasteiger partial charge on any atom is -0.334 e. The number of hydrogen-bond donors (Lipinski definition) is 1. The smallest absolute Gasteiger partial charge is 0.318 e. The van der Waals surface area contributed by atoms with E-state index in [1.807, 2.05) is 17.0 Å². The molecule has 2 aromatic rings. The van der Waals surface area contributed by atoms with Crippen molar-refractivity contribution in [2.45, 2.75) is 31.3 Å². The first-order chi connectivity index (χ1) is 13.7. The number of benzene rings is 2. The molecule has 28 heavy (non-hydrogen) atoms. The van der Waals surface area contributed by atoms with Crippen LogP contribution in [0.15, 0.2) is 48.5 Å². The van der Waals surface area contributed by atoms with E-state index in [1.165, 1.54) is 30.5 Å². The van der Waals surface area contributed by atoms with Gasteiger partial charge < -0.3 is 15.1 Å². The van der Waals surface area contributed by atoms with E-state index >= 15 is 0 Å². The minimum absolute atomic E-state index is 0.00239. The molecule has 6 rings (SSSR count). The molecule has 3 saturated heterocycles. The molecule has 3 fully saturated rings. The molecule has 1 unspecified atom stereocenters. The third-order valence-corrected chi connectivity index (χ3v) is 6.70. The van der Waals surface area contributed by atoms with Crippen LogP contribution in [-0.2, 0) is 6.42 Å². The largest absolute Gasteiger partial charge is 0.334 e. The highest BCUT2D eigenvalue weighted by atomic mass is 19.1. The normalized spacial score (nSPS) is 28.7. The second-order valence-electron chi connectivity index (χ2n) is 8.29. The zero-order valence-corrected chi connectivity index (χ0v) is 16.0. The maximum absolute atomic E-state index is 13.5. The fraction of sp³-hybridized carbons (Fsp3) is 0.435. The van der Waals surface area contributed by atoms with E-state index in [0.29, 0.717) is 12.5 Å². The summed E-state index contributed by atoms with van der Waals surface area (Å²) in [7, 11) is 0. The molecule has 2 aromatic carbocycles. The molecular formula is C23H26FN3O. The first-order valence-electron chi connectivity index (χ1n) is 10.3. The van der Waals surface area contributed by atoms with Crippen LogP contribution in [0.2, 0.25) is 0 Å². The Morgan fingerprint density at radius 1 is 1.00 bits per heavy atom. The van der Waals surface area contributed by atoms with Crippen molar-refractivity contribution < 1.29 is 9.18 Å². The van der Waals surface area contributed by atoms with Crippen molar-refractivity contribution in [3.63, 3.8) is 0 Å². The van der Waals surface area contributed by atoms with Gasteiger partial charge in [0.05, 0.1) is 6.04 Å². The van der Waals surface area contributed by atoms with E-state index in [9.17, 15) is 9.18 Å². The summed E-state index contributed by atoms with van der Waals surface area (Å²) in [6, 6.07) is 14.9. The summed E-state index contributed by atoms with van der Waals surface area (Å²) in [6.07, 6.45) is 3.20. The van der Waals surface area contributed by atoms with Gasteiger partial charge in [-0.15, -0.1) is 0 Å². The predicted octanol–water partition coefficient (Wildman–Crippen LogP) is 3.58. The molecule has 4 nitrogen and oxygen atoms in total. The standard InChI is InChI=1S/C23H26FN3O/c24-19-7-5-18(6-8-19)22-20-4-2-1-3-16(20)11-14-27(22)23(28)25-21-15-26-12-9-17(21)10-13-26/h1-8,17,21-22H,9-15H2,(H,25,28)/t21?,22-/m0/s1. The molecule has 2 bridgehead atoms. The molecule has 0 spiro atoms. The molecule has 0 aliphatic carbocycles. The van der Waals surface area contributed by atoms with Gasteiger partial charge in [-0.3, -0.25) is 0 Å². The van der Waals surface area contributed by atoms with Crippen LogP contribution in [0, 0.1) is 11.7 Å². The fourth-order valence-electron chi connectivity index (χ4n) is 5.16. The van der Waals surface area contributed by atoms with Crippen molar-refractivity contribution in [3.05, 3.63) is 71.0 Å². The van der Waals surface area contributed by atoms with E-state index in [2.05, 4.69) is 22.3 Å². The zero-order valence-electron chi connectivity index (χ0n) is 16.0. The highest BCUT2D eigenvalue weighted by Crippen LogP contribution is 2.36. The molecule has 1 N–H and O–H groups in total. The second-order valence-corrected chi connectivity index (χ2v) is 8.29. The van der Waals surface area contributed by atoms with E-state index in [-0.39, 0.29) is 23.9 Å². The average molecular weight is 379 g/mol. The number of hydrogen-bond acceptors (Lipinski definition) is 2. The summed E-state index contributed by atoms with van der Waals surface area (Å²) in [5.41, 5.74) is 3.37. The summed E-state index contributed by atoms with van der Waals surface area (Å²) in [4.78, 5) is 17.7. The number of nitrogens with one attached hydrogen (secondary N) is 1. The highest BCUT2D eigenvalue weighted by molar-refractivity contribution is 5.76. The molecule has 2 atom stereocenters. The van der Waals surface area contributed by atoms with Crippen molar-refractivity contribution in [1.82, 2.24) is 15.1 Å². The van der Waals surface area contributed by atoms with Crippen LogP contribution in [0.3, 0.4) is 0 Å². The van der Waals surface area contributed by atoms with E-state index in [4.69, 9.17) is 0 Å². The molecule has 4 aliphatic heterocycles. The monoisotopic (exact) mass is 379 g/mol. The summed E-state index contributed by atoms with van der Waals surface area (Å²) in [5, 5.41) is 3.33. The molecule has 4 heterocycles. The van der Waals surface area contributed by atoms with E-state index < -0.39 is 0 Å². The van der Waals surface area contributed by atoms with Crippen LogP contribution < -0.4 is 5.32 Å². The number of urea groups is 1. The first-order valence-corrected chi connectivity index (χ1v) is 10.3. The number of nitrogens with zero attached hydrogens (tertiary/aromatic N) is 2. The Kier molecular flexibility index (Phi) is 4.55. The topological polar surface area (TPSA) is 35.6 Å². The fourth-order valence-corrected chi connectivity index (χ4v) is 5.16. The highest BCUT2D eigenvalue weighted by Gasteiger charge is 2.38. The second kappa shape index (κ2) is 7.21. The lowest BCUT2D eigenvalue weighted by Gasteiger charge is -2.46. The van der Waals surface area contributed by atoms with Crippen LogP contribution in [-0.4, -0.2) is 48.1 Å². The van der Waals surface area contributed by atoms with Gasteiger partial charge >= 0.3 is 6.03 Å². The molecule has 146 valence electrons. The lowest BCUT2D eigenvalue weighted by atomic mass is 9.84. The number of amides is 2. The summed E-state index contributed by atoms with van der Waals surface area (Å²) < 4.78 is 13.5. The quantitative estimate of drug-likeness (QED) is 0.866. The van der Waals surface area contributed by atoms with Crippen LogP contribution in [0.1, 0.15) is 35.6 Å². The molecule has 4 aliphatic rings. The van der Waals surface area contributed by atoms with E-state index in [1.54, 1.807) is 12.1 Å². The zero-order chi connectivity index (χ0) is 19.1. The molecule has 0 radical (unpaired) electrons. The van der Waals surface area contributed by atoms with Crippen molar-refractivity contribution in [1.29, 1.82) is 0 Å². The third-order valence-electron chi connectivity index (χ3n) is 6.70. The Hall–Kier alpha value is -2.40. The van der Waals surface area contributed by atoms with Crippen molar-refractivity contribution in [3.8, 4) is 0 Å². The average Bonchev–Trinajstić information content (AvgIpc) is 2.74. The van der Waals surface area contributed by atoms with Gasteiger partial charge in [-0.2, -0.15) is 0 Å². The Labute approximate surface area is 165 Å². The number of fused-ring (bicyclic) bond motifs is 4. The lowest BCUT2D eigenvalue weighted by Crippen LogP contribution is -2.59. The van der Waals surface area contributed by atoms with E-state index in [0.717, 1.165) is 37.2 Å². The van der Waals surface area contributed by atoms with Gasteiger partial charge in [-0.1, -0.05) is 36.4 Å². The van der Waals surface area contributed by atoms with Gasteiger partial charge in [0.25, 0.3) is 0 Å². The van der Waals surface area contributed by atoms with Crippen LogP contribution in [0.4, 0.5) is 9.18 Å². The molecule has 0 saturated carbocycles. The van der Waals surface area contributed by atoms with Gasteiger partial charge in [-0.25, -0.2) is 9.18 Å². The maximum Gasteiger partial charge on any atom is 0.318 e. The Bertz CT molecular complexity index is 860. The summed E-state index contributed by atoms with van der Waals surface area (Å²) in [6.45, 7) is 3.95. The van der Waals surface area contributed by atoms with Gasteiger partial charge in [0.15, 0.2) is 0 Å². The van der Waals surface area contributed by atoms with Crippen LogP contribution in [0.5, 0.6) is 0 Å². The van der Waals surface area contributed by atoms with Gasteiger partial charge in [0, 0.05) is 19.1 Å². The van der Waals surface area contributed by atoms with Crippen molar-refractivity contribution in [2.75, 3.05) is 26.2 Å². The Morgan fingerprint density at radius 2 is 1.75 bits per heavy atom. The third kappa shape index (κ3) is 3.18. The SMILES string of the molecule is O=C(NC1CN2CCC1CC2)N1CCc2ccccc2[C@@H]1c1ccc(F)cc1. The number of piperidine rings is 3. The van der Waals surface area contributed by atoms with Gasteiger partial charge in [-0.05, 0) is 67.1 Å². The molecule has 0 aromatic heterocycles. The number of carbonyl (C=O) groups excluding carboxylic acids is 1. The number of halogens is 1. The number of rotatable bonds is 2. The van der Waals surface area contributed by atoms with Gasteiger partial charge in [0.1, 0.15) is 5.82 Å². The van der Waals surface area contributed by atoms with Crippen LogP contribution >= 0.6 is 0 Å².